The van der Waals surface area contributed by atoms with Gasteiger partial charge in [-0.3, -0.25) is 9.59 Å². The molecule has 7 nitrogen and oxygen atoms in total. The Labute approximate surface area is 150 Å². The van der Waals surface area contributed by atoms with E-state index in [-0.39, 0.29) is 11.8 Å². The van der Waals surface area contributed by atoms with E-state index < -0.39 is 0 Å². The molecule has 132 valence electrons. The van der Waals surface area contributed by atoms with Crippen molar-refractivity contribution in [2.75, 3.05) is 26.2 Å². The van der Waals surface area contributed by atoms with Crippen LogP contribution in [0.5, 0.6) is 0 Å². The van der Waals surface area contributed by atoms with Crippen LogP contribution >= 0.6 is 0 Å². The minimum atomic E-state index is -0.0607. The van der Waals surface area contributed by atoms with Gasteiger partial charge in [0.15, 0.2) is 0 Å². The van der Waals surface area contributed by atoms with E-state index in [9.17, 15) is 9.59 Å². The lowest BCUT2D eigenvalue weighted by molar-refractivity contribution is 0.0535. The van der Waals surface area contributed by atoms with Crippen molar-refractivity contribution in [2.24, 2.45) is 0 Å². The number of aromatic nitrogens is 2. The summed E-state index contributed by atoms with van der Waals surface area (Å²) >= 11 is 0. The van der Waals surface area contributed by atoms with Gasteiger partial charge in [0.1, 0.15) is 6.26 Å². The van der Waals surface area contributed by atoms with Crippen molar-refractivity contribution in [3.8, 4) is 5.69 Å². The molecule has 3 aromatic rings. The second-order valence-corrected chi connectivity index (χ2v) is 6.09. The summed E-state index contributed by atoms with van der Waals surface area (Å²) in [6.07, 6.45) is 6.50. The van der Waals surface area contributed by atoms with Gasteiger partial charge >= 0.3 is 0 Å². The molecule has 1 aliphatic heterocycles. The number of amides is 2. The summed E-state index contributed by atoms with van der Waals surface area (Å²) in [7, 11) is 0. The molecule has 0 aliphatic carbocycles. The van der Waals surface area contributed by atoms with E-state index in [4.69, 9.17) is 4.42 Å². The zero-order valence-corrected chi connectivity index (χ0v) is 14.1. The number of carbonyl (C=O) groups excluding carboxylic acids is 2. The molecule has 1 aliphatic rings. The Morgan fingerprint density at radius 1 is 0.885 bits per heavy atom. The van der Waals surface area contributed by atoms with Crippen molar-refractivity contribution in [2.45, 2.75) is 0 Å². The van der Waals surface area contributed by atoms with Crippen molar-refractivity contribution in [1.29, 1.82) is 0 Å². The highest BCUT2D eigenvalue weighted by Gasteiger charge is 2.25. The van der Waals surface area contributed by atoms with E-state index in [2.05, 4.69) is 5.10 Å². The van der Waals surface area contributed by atoms with Crippen LogP contribution in [0.4, 0.5) is 0 Å². The van der Waals surface area contributed by atoms with Crippen molar-refractivity contribution >= 4 is 11.8 Å². The molecule has 0 bridgehead atoms. The summed E-state index contributed by atoms with van der Waals surface area (Å²) in [5.74, 6) is -0.0816. The summed E-state index contributed by atoms with van der Waals surface area (Å²) in [6, 6.07) is 10.9. The predicted octanol–water partition coefficient (Wildman–Crippen LogP) is 2.06. The van der Waals surface area contributed by atoms with Crippen LogP contribution in [0.3, 0.4) is 0 Å². The first-order valence-corrected chi connectivity index (χ1v) is 8.43. The molecule has 7 heteroatoms. The smallest absolute Gasteiger partial charge is 0.257 e. The largest absolute Gasteiger partial charge is 0.472 e. The second kappa shape index (κ2) is 6.87. The number of rotatable bonds is 3. The van der Waals surface area contributed by atoms with Gasteiger partial charge in [-0.1, -0.05) is 0 Å². The third-order valence-electron chi connectivity index (χ3n) is 4.51. The zero-order valence-electron chi connectivity index (χ0n) is 14.1. The van der Waals surface area contributed by atoms with Crippen LogP contribution in [0.25, 0.3) is 5.69 Å². The molecule has 2 amide bonds. The molecule has 1 fully saturated rings. The molecule has 3 heterocycles. The molecule has 0 saturated carbocycles. The van der Waals surface area contributed by atoms with E-state index in [0.29, 0.717) is 37.3 Å². The van der Waals surface area contributed by atoms with Crippen LogP contribution in [-0.4, -0.2) is 57.6 Å². The quantitative estimate of drug-likeness (QED) is 0.725. The van der Waals surface area contributed by atoms with Gasteiger partial charge in [0.2, 0.25) is 0 Å². The zero-order chi connectivity index (χ0) is 17.9. The molecule has 0 atom stereocenters. The van der Waals surface area contributed by atoms with Crippen LogP contribution in [0, 0.1) is 0 Å². The first kappa shape index (κ1) is 16.1. The van der Waals surface area contributed by atoms with Crippen molar-refractivity contribution in [1.82, 2.24) is 19.6 Å². The third kappa shape index (κ3) is 3.11. The lowest BCUT2D eigenvalue weighted by Gasteiger charge is -2.34. The highest BCUT2D eigenvalue weighted by molar-refractivity contribution is 5.95. The average molecular weight is 350 g/mol. The summed E-state index contributed by atoms with van der Waals surface area (Å²) in [5, 5.41) is 4.17. The van der Waals surface area contributed by atoms with Gasteiger partial charge in [0, 0.05) is 44.1 Å². The number of piperazine rings is 1. The number of carbonyl (C=O) groups is 2. The Morgan fingerprint density at radius 3 is 2.08 bits per heavy atom. The fourth-order valence-electron chi connectivity index (χ4n) is 3.04. The molecule has 1 saturated heterocycles. The van der Waals surface area contributed by atoms with Gasteiger partial charge in [-0.05, 0) is 36.4 Å². The molecule has 0 N–H and O–H groups in total. The van der Waals surface area contributed by atoms with Crippen LogP contribution in [-0.2, 0) is 0 Å². The molecule has 1 aromatic carbocycles. The SMILES string of the molecule is O=C(c1ccc(-n2cccn2)cc1)N1CCN(C(=O)c2ccoc2)CC1. The van der Waals surface area contributed by atoms with Gasteiger partial charge in [-0.2, -0.15) is 5.10 Å². The summed E-state index contributed by atoms with van der Waals surface area (Å²) in [5.41, 5.74) is 2.08. The fraction of sp³-hybridized carbons (Fsp3) is 0.211. The van der Waals surface area contributed by atoms with Gasteiger partial charge in [0.25, 0.3) is 11.8 Å². The number of hydrogen-bond acceptors (Lipinski definition) is 4. The standard InChI is InChI=1S/C19H18N4O3/c24-18(15-2-4-17(5-3-15)23-8-1-7-20-23)21-9-11-22(12-10-21)19(25)16-6-13-26-14-16/h1-8,13-14H,9-12H2. The molecular weight excluding hydrogens is 332 g/mol. The molecule has 4 rings (SSSR count). The Morgan fingerprint density at radius 2 is 1.54 bits per heavy atom. The van der Waals surface area contributed by atoms with Gasteiger partial charge < -0.3 is 14.2 Å². The van der Waals surface area contributed by atoms with E-state index in [1.807, 2.05) is 36.5 Å². The van der Waals surface area contributed by atoms with Crippen molar-refractivity contribution < 1.29 is 14.0 Å². The molecule has 0 unspecified atom stereocenters. The third-order valence-corrected chi connectivity index (χ3v) is 4.51. The Kier molecular flexibility index (Phi) is 4.27. The highest BCUT2D eigenvalue weighted by atomic mass is 16.3. The second-order valence-electron chi connectivity index (χ2n) is 6.09. The Hall–Kier alpha value is -3.35. The maximum atomic E-state index is 12.7. The maximum Gasteiger partial charge on any atom is 0.257 e. The van der Waals surface area contributed by atoms with E-state index in [1.165, 1.54) is 12.5 Å². The van der Waals surface area contributed by atoms with Gasteiger partial charge in [-0.15, -0.1) is 0 Å². The van der Waals surface area contributed by atoms with Crippen LogP contribution in [0.15, 0.2) is 65.7 Å². The molecular formula is C19H18N4O3. The average Bonchev–Trinajstić information content (AvgIpc) is 3.41. The topological polar surface area (TPSA) is 71.6 Å². The highest BCUT2D eigenvalue weighted by Crippen LogP contribution is 2.14. The molecule has 2 aromatic heterocycles. The van der Waals surface area contributed by atoms with Crippen molar-refractivity contribution in [3.63, 3.8) is 0 Å². The number of benzene rings is 1. The van der Waals surface area contributed by atoms with Crippen molar-refractivity contribution in [3.05, 3.63) is 72.4 Å². The predicted molar refractivity (Wildman–Crippen MR) is 94.1 cm³/mol. The lowest BCUT2D eigenvalue weighted by Crippen LogP contribution is -2.50. The molecule has 26 heavy (non-hydrogen) atoms. The number of nitrogens with zero attached hydrogens (tertiary/aromatic N) is 4. The normalized spacial score (nSPS) is 14.5. The lowest BCUT2D eigenvalue weighted by atomic mass is 10.1. The van der Waals surface area contributed by atoms with E-state index >= 15 is 0 Å². The summed E-state index contributed by atoms with van der Waals surface area (Å²) < 4.78 is 6.71. The van der Waals surface area contributed by atoms with Gasteiger partial charge in [0.05, 0.1) is 17.5 Å². The minimum absolute atomic E-state index is 0.0209. The molecule has 0 spiro atoms. The Balaban J connectivity index is 1.38. The van der Waals surface area contributed by atoms with Crippen LogP contribution in [0.1, 0.15) is 20.7 Å². The van der Waals surface area contributed by atoms with Gasteiger partial charge in [-0.25, -0.2) is 4.68 Å². The molecule has 0 radical (unpaired) electrons. The first-order valence-electron chi connectivity index (χ1n) is 8.43. The fourth-order valence-corrected chi connectivity index (χ4v) is 3.04. The van der Waals surface area contributed by atoms with Crippen LogP contribution in [0.2, 0.25) is 0 Å². The number of hydrogen-bond donors (Lipinski definition) is 0. The van der Waals surface area contributed by atoms with Crippen LogP contribution < -0.4 is 0 Å². The van der Waals surface area contributed by atoms with E-state index in [0.717, 1.165) is 5.69 Å². The minimum Gasteiger partial charge on any atom is -0.472 e. The maximum absolute atomic E-state index is 12.7. The monoisotopic (exact) mass is 350 g/mol. The summed E-state index contributed by atoms with van der Waals surface area (Å²) in [4.78, 5) is 28.5. The first-order chi connectivity index (χ1) is 12.7. The van der Waals surface area contributed by atoms with E-state index in [1.54, 1.807) is 26.7 Å². The summed E-state index contributed by atoms with van der Waals surface area (Å²) in [6.45, 7) is 2.06. The Bertz CT molecular complexity index is 878. The number of furan rings is 1.